The summed E-state index contributed by atoms with van der Waals surface area (Å²) in [4.78, 5) is 4.24. The summed E-state index contributed by atoms with van der Waals surface area (Å²) >= 11 is 0. The smallest absolute Gasteiger partial charge is 0.131 e. The standard InChI is InChI=1S/C19H17NO2.C2H6/c1-15-8-10-17(11-9-15)22-19-7-4-6-18(13-19)21-14-16-5-2-3-12-20-16;1-2/h2-13H,14H2,1H3;1-2H3. The van der Waals surface area contributed by atoms with E-state index in [1.807, 2.05) is 80.6 Å². The zero-order valence-electron chi connectivity index (χ0n) is 14.4. The third kappa shape index (κ3) is 5.43. The predicted octanol–water partition coefficient (Wildman–Crippen LogP) is 5.79. The summed E-state index contributed by atoms with van der Waals surface area (Å²) in [6, 6.07) is 21.3. The van der Waals surface area contributed by atoms with Crippen LogP contribution in [0.15, 0.2) is 72.9 Å². The van der Waals surface area contributed by atoms with Crippen molar-refractivity contribution < 1.29 is 9.47 Å². The van der Waals surface area contributed by atoms with Crippen molar-refractivity contribution in [3.8, 4) is 17.2 Å². The largest absolute Gasteiger partial charge is 0.487 e. The van der Waals surface area contributed by atoms with Crippen LogP contribution in [0.5, 0.6) is 17.2 Å². The molecule has 0 saturated heterocycles. The molecule has 1 aromatic heterocycles. The van der Waals surface area contributed by atoms with Crippen molar-refractivity contribution >= 4 is 0 Å². The van der Waals surface area contributed by atoms with Gasteiger partial charge in [-0.1, -0.05) is 43.7 Å². The predicted molar refractivity (Wildman–Crippen MR) is 97.6 cm³/mol. The molecule has 1 heterocycles. The first kappa shape index (κ1) is 17.5. The fourth-order valence-electron chi connectivity index (χ4n) is 2.01. The van der Waals surface area contributed by atoms with Gasteiger partial charge in [-0.05, 0) is 43.3 Å². The van der Waals surface area contributed by atoms with E-state index in [9.17, 15) is 0 Å². The van der Waals surface area contributed by atoms with Crippen LogP contribution in [-0.4, -0.2) is 4.98 Å². The third-order valence-corrected chi connectivity index (χ3v) is 3.18. The van der Waals surface area contributed by atoms with Gasteiger partial charge in [0.05, 0.1) is 5.69 Å². The molecular formula is C21H23NO2. The topological polar surface area (TPSA) is 31.4 Å². The lowest BCUT2D eigenvalue weighted by Crippen LogP contribution is -1.97. The molecule has 0 fully saturated rings. The van der Waals surface area contributed by atoms with Gasteiger partial charge >= 0.3 is 0 Å². The highest BCUT2D eigenvalue weighted by molar-refractivity contribution is 5.37. The highest BCUT2D eigenvalue weighted by Crippen LogP contribution is 2.25. The summed E-state index contributed by atoms with van der Waals surface area (Å²) in [5.74, 6) is 2.32. The van der Waals surface area contributed by atoms with Crippen molar-refractivity contribution in [2.24, 2.45) is 0 Å². The monoisotopic (exact) mass is 321 g/mol. The van der Waals surface area contributed by atoms with Crippen LogP contribution in [0.4, 0.5) is 0 Å². The van der Waals surface area contributed by atoms with Crippen molar-refractivity contribution in [2.75, 3.05) is 0 Å². The van der Waals surface area contributed by atoms with Gasteiger partial charge < -0.3 is 9.47 Å². The molecule has 0 saturated carbocycles. The Kier molecular flexibility index (Phi) is 6.84. The van der Waals surface area contributed by atoms with E-state index in [0.717, 1.165) is 22.9 Å². The normalized spacial score (nSPS) is 9.62. The highest BCUT2D eigenvalue weighted by Gasteiger charge is 2.01. The van der Waals surface area contributed by atoms with Gasteiger partial charge in [0.2, 0.25) is 0 Å². The van der Waals surface area contributed by atoms with Gasteiger partial charge in [-0.2, -0.15) is 0 Å². The van der Waals surface area contributed by atoms with Crippen LogP contribution in [-0.2, 0) is 6.61 Å². The van der Waals surface area contributed by atoms with Gasteiger partial charge in [0.25, 0.3) is 0 Å². The maximum atomic E-state index is 5.83. The zero-order valence-corrected chi connectivity index (χ0v) is 14.4. The summed E-state index contributed by atoms with van der Waals surface area (Å²) in [7, 11) is 0. The SMILES string of the molecule is CC.Cc1ccc(Oc2cccc(OCc3ccccn3)c2)cc1. The summed E-state index contributed by atoms with van der Waals surface area (Å²) in [5, 5.41) is 0. The number of rotatable bonds is 5. The van der Waals surface area contributed by atoms with Crippen LogP contribution in [0, 0.1) is 6.92 Å². The fourth-order valence-corrected chi connectivity index (χ4v) is 2.01. The second-order valence-corrected chi connectivity index (χ2v) is 5.00. The van der Waals surface area contributed by atoms with E-state index in [-0.39, 0.29) is 0 Å². The molecular weight excluding hydrogens is 298 g/mol. The number of aryl methyl sites for hydroxylation is 1. The fraction of sp³-hybridized carbons (Fsp3) is 0.190. The second-order valence-electron chi connectivity index (χ2n) is 5.00. The Hall–Kier alpha value is -2.81. The number of benzene rings is 2. The molecule has 0 aliphatic rings. The van der Waals surface area contributed by atoms with Gasteiger partial charge in [0, 0.05) is 12.3 Å². The second kappa shape index (κ2) is 9.36. The molecule has 0 spiro atoms. The zero-order chi connectivity index (χ0) is 17.2. The maximum absolute atomic E-state index is 5.83. The van der Waals surface area contributed by atoms with Crippen LogP contribution in [0.3, 0.4) is 0 Å². The highest BCUT2D eigenvalue weighted by atomic mass is 16.5. The van der Waals surface area contributed by atoms with Crippen molar-refractivity contribution in [1.29, 1.82) is 0 Å². The Labute approximate surface area is 143 Å². The van der Waals surface area contributed by atoms with Crippen LogP contribution >= 0.6 is 0 Å². The molecule has 0 bridgehead atoms. The lowest BCUT2D eigenvalue weighted by atomic mass is 10.2. The first-order chi connectivity index (χ1) is 11.8. The van der Waals surface area contributed by atoms with Gasteiger partial charge in [0.1, 0.15) is 23.9 Å². The number of hydrogen-bond acceptors (Lipinski definition) is 3. The molecule has 0 N–H and O–H groups in total. The van der Waals surface area contributed by atoms with Gasteiger partial charge in [-0.15, -0.1) is 0 Å². The Morgan fingerprint density at radius 1 is 0.792 bits per heavy atom. The van der Waals surface area contributed by atoms with Crippen molar-refractivity contribution in [3.63, 3.8) is 0 Å². The molecule has 0 unspecified atom stereocenters. The number of ether oxygens (including phenoxy) is 2. The third-order valence-electron chi connectivity index (χ3n) is 3.18. The summed E-state index contributed by atoms with van der Waals surface area (Å²) in [6.45, 7) is 6.49. The molecule has 3 aromatic rings. The average Bonchev–Trinajstić information content (AvgIpc) is 2.65. The first-order valence-electron chi connectivity index (χ1n) is 8.17. The van der Waals surface area contributed by atoms with E-state index in [1.165, 1.54) is 5.56 Å². The Bertz CT molecular complexity index is 724. The van der Waals surface area contributed by atoms with Crippen LogP contribution < -0.4 is 9.47 Å². The summed E-state index contributed by atoms with van der Waals surface area (Å²) < 4.78 is 11.6. The summed E-state index contributed by atoms with van der Waals surface area (Å²) in [5.41, 5.74) is 2.10. The lowest BCUT2D eigenvalue weighted by Gasteiger charge is -2.09. The molecule has 24 heavy (non-hydrogen) atoms. The van der Waals surface area contributed by atoms with Crippen LogP contribution in [0.25, 0.3) is 0 Å². The molecule has 0 amide bonds. The van der Waals surface area contributed by atoms with Gasteiger partial charge in [-0.25, -0.2) is 0 Å². The van der Waals surface area contributed by atoms with Crippen molar-refractivity contribution in [2.45, 2.75) is 27.4 Å². The quantitative estimate of drug-likeness (QED) is 0.596. The minimum atomic E-state index is 0.439. The average molecular weight is 321 g/mol. The molecule has 3 heteroatoms. The van der Waals surface area contributed by atoms with Crippen molar-refractivity contribution in [1.82, 2.24) is 4.98 Å². The van der Waals surface area contributed by atoms with Gasteiger partial charge in [-0.3, -0.25) is 4.98 Å². The lowest BCUT2D eigenvalue weighted by molar-refractivity contribution is 0.300. The van der Waals surface area contributed by atoms with E-state index in [1.54, 1.807) is 6.20 Å². The number of pyridine rings is 1. The molecule has 3 nitrogen and oxygen atoms in total. The Morgan fingerprint density at radius 3 is 2.25 bits per heavy atom. The van der Waals surface area contributed by atoms with E-state index in [2.05, 4.69) is 11.9 Å². The maximum Gasteiger partial charge on any atom is 0.131 e. The van der Waals surface area contributed by atoms with E-state index < -0.39 is 0 Å². The Morgan fingerprint density at radius 2 is 1.54 bits per heavy atom. The van der Waals surface area contributed by atoms with E-state index in [4.69, 9.17) is 9.47 Å². The molecule has 3 rings (SSSR count). The van der Waals surface area contributed by atoms with Crippen LogP contribution in [0.2, 0.25) is 0 Å². The number of aromatic nitrogens is 1. The molecule has 0 aliphatic heterocycles. The minimum absolute atomic E-state index is 0.439. The molecule has 0 aliphatic carbocycles. The molecule has 0 radical (unpaired) electrons. The molecule has 124 valence electrons. The summed E-state index contributed by atoms with van der Waals surface area (Å²) in [6.07, 6.45) is 1.76. The van der Waals surface area contributed by atoms with Crippen molar-refractivity contribution in [3.05, 3.63) is 84.2 Å². The van der Waals surface area contributed by atoms with Crippen LogP contribution in [0.1, 0.15) is 25.1 Å². The number of hydrogen-bond donors (Lipinski definition) is 0. The first-order valence-corrected chi connectivity index (χ1v) is 8.17. The molecule has 2 aromatic carbocycles. The molecule has 0 atom stereocenters. The van der Waals surface area contributed by atoms with E-state index in [0.29, 0.717) is 6.61 Å². The van der Waals surface area contributed by atoms with E-state index >= 15 is 0 Å². The minimum Gasteiger partial charge on any atom is -0.487 e. The van der Waals surface area contributed by atoms with Gasteiger partial charge in [0.15, 0.2) is 0 Å². The Balaban J connectivity index is 0.00000100. The number of nitrogens with zero attached hydrogens (tertiary/aromatic N) is 1.